The standard InChI is InChI=1S/C19H30N4/c1-20-17-3-5-22(12-17)18-2-4-21-23(13-18)19-9-14-6-15(10-19)8-16(7-14)11-19/h2,4,13-17,20-21H,3,5-12H2,1H3/t14?,15?,16?,17-,19?/m1/s1. The van der Waals surface area contributed by atoms with E-state index in [9.17, 15) is 0 Å². The van der Waals surface area contributed by atoms with Crippen LogP contribution in [-0.2, 0) is 0 Å². The van der Waals surface area contributed by atoms with Gasteiger partial charge in [0.25, 0.3) is 0 Å². The van der Waals surface area contributed by atoms with Crippen LogP contribution in [0.2, 0.25) is 0 Å². The van der Waals surface area contributed by atoms with Crippen molar-refractivity contribution < 1.29 is 0 Å². The fourth-order valence-corrected chi connectivity index (χ4v) is 6.47. The number of hydrazine groups is 1. The molecule has 0 spiro atoms. The lowest BCUT2D eigenvalue weighted by atomic mass is 9.53. The van der Waals surface area contributed by atoms with Crippen LogP contribution in [0.25, 0.3) is 0 Å². The third kappa shape index (κ3) is 2.29. The number of allylic oxidation sites excluding steroid dienone is 1. The van der Waals surface area contributed by atoms with Crippen LogP contribution in [0.1, 0.15) is 44.9 Å². The predicted molar refractivity (Wildman–Crippen MR) is 92.1 cm³/mol. The molecule has 2 aliphatic heterocycles. The Bertz CT molecular complexity index is 502. The molecule has 0 aromatic heterocycles. The quantitative estimate of drug-likeness (QED) is 0.837. The third-order valence-electron chi connectivity index (χ3n) is 7.21. The van der Waals surface area contributed by atoms with Crippen LogP contribution >= 0.6 is 0 Å². The van der Waals surface area contributed by atoms with Crippen LogP contribution < -0.4 is 10.7 Å². The summed E-state index contributed by atoms with van der Waals surface area (Å²) >= 11 is 0. The minimum atomic E-state index is 0.396. The lowest BCUT2D eigenvalue weighted by molar-refractivity contribution is -0.0840. The Morgan fingerprint density at radius 2 is 1.83 bits per heavy atom. The molecule has 2 N–H and O–H groups in total. The molecule has 0 aromatic carbocycles. The maximum absolute atomic E-state index is 3.59. The first-order valence-electron chi connectivity index (χ1n) is 9.60. The summed E-state index contributed by atoms with van der Waals surface area (Å²) in [5.41, 5.74) is 5.38. The smallest absolute Gasteiger partial charge is 0.0614 e. The van der Waals surface area contributed by atoms with Gasteiger partial charge in [-0.15, -0.1) is 0 Å². The van der Waals surface area contributed by atoms with Crippen LogP contribution in [0.15, 0.2) is 24.2 Å². The summed E-state index contributed by atoms with van der Waals surface area (Å²) in [6, 6.07) is 0.646. The van der Waals surface area contributed by atoms with Crippen molar-refractivity contribution in [3.8, 4) is 0 Å². The van der Waals surface area contributed by atoms with Gasteiger partial charge in [-0.05, 0) is 75.8 Å². The minimum absolute atomic E-state index is 0.396. The monoisotopic (exact) mass is 314 g/mol. The van der Waals surface area contributed by atoms with Crippen molar-refractivity contribution in [2.75, 3.05) is 20.1 Å². The van der Waals surface area contributed by atoms with Gasteiger partial charge in [0.05, 0.1) is 11.2 Å². The Balaban J connectivity index is 1.38. The van der Waals surface area contributed by atoms with E-state index in [0.29, 0.717) is 11.6 Å². The highest BCUT2D eigenvalue weighted by Gasteiger charge is 2.53. The highest BCUT2D eigenvalue weighted by molar-refractivity contribution is 5.23. The summed E-state index contributed by atoms with van der Waals surface area (Å²) in [6.07, 6.45) is 16.8. The fourth-order valence-electron chi connectivity index (χ4n) is 6.47. The van der Waals surface area contributed by atoms with Crippen LogP contribution in [0.5, 0.6) is 0 Å². The molecule has 0 radical (unpaired) electrons. The molecule has 4 aliphatic carbocycles. The number of hydrogen-bond acceptors (Lipinski definition) is 4. The maximum atomic E-state index is 3.59. The molecule has 0 amide bonds. The van der Waals surface area contributed by atoms with Gasteiger partial charge < -0.3 is 15.6 Å². The lowest BCUT2D eigenvalue weighted by Crippen LogP contribution is -2.61. The summed E-state index contributed by atoms with van der Waals surface area (Å²) in [4.78, 5) is 2.55. The van der Waals surface area contributed by atoms with Crippen molar-refractivity contribution in [1.82, 2.24) is 20.7 Å². The first kappa shape index (κ1) is 14.2. The molecule has 126 valence electrons. The van der Waals surface area contributed by atoms with Crippen LogP contribution in [0.4, 0.5) is 0 Å². The molecule has 0 unspecified atom stereocenters. The third-order valence-corrected chi connectivity index (χ3v) is 7.21. The molecule has 4 saturated carbocycles. The van der Waals surface area contributed by atoms with Crippen molar-refractivity contribution >= 4 is 0 Å². The molecule has 23 heavy (non-hydrogen) atoms. The summed E-state index contributed by atoms with van der Waals surface area (Å²) in [6.45, 7) is 2.32. The summed E-state index contributed by atoms with van der Waals surface area (Å²) in [5.74, 6) is 2.98. The molecular formula is C19H30N4. The first-order chi connectivity index (χ1) is 11.2. The Morgan fingerprint density at radius 3 is 2.43 bits per heavy atom. The highest BCUT2D eigenvalue weighted by atomic mass is 15.5. The number of rotatable bonds is 3. The molecule has 6 aliphatic rings. The molecule has 5 fully saturated rings. The molecule has 4 nitrogen and oxygen atoms in total. The summed E-state index contributed by atoms with van der Waals surface area (Å²) < 4.78 is 0. The fraction of sp³-hybridized carbons (Fsp3) is 0.789. The molecule has 6 rings (SSSR count). The second-order valence-corrected chi connectivity index (χ2v) is 8.75. The van der Waals surface area contributed by atoms with Gasteiger partial charge in [-0.1, -0.05) is 0 Å². The molecule has 2 heterocycles. The second kappa shape index (κ2) is 5.17. The van der Waals surface area contributed by atoms with E-state index in [2.05, 4.69) is 46.2 Å². The predicted octanol–water partition coefficient (Wildman–Crippen LogP) is 2.42. The van der Waals surface area contributed by atoms with Crippen molar-refractivity contribution in [1.29, 1.82) is 0 Å². The number of nitrogens with zero attached hydrogens (tertiary/aromatic N) is 2. The summed E-state index contributed by atoms with van der Waals surface area (Å²) in [7, 11) is 2.09. The van der Waals surface area contributed by atoms with Crippen molar-refractivity contribution in [2.45, 2.75) is 56.5 Å². The maximum Gasteiger partial charge on any atom is 0.0614 e. The van der Waals surface area contributed by atoms with E-state index in [1.807, 2.05) is 0 Å². The van der Waals surface area contributed by atoms with E-state index in [4.69, 9.17) is 0 Å². The zero-order valence-corrected chi connectivity index (χ0v) is 14.3. The Morgan fingerprint density at radius 1 is 1.13 bits per heavy atom. The van der Waals surface area contributed by atoms with Crippen molar-refractivity contribution in [3.05, 3.63) is 24.2 Å². The molecule has 4 heteroatoms. The van der Waals surface area contributed by atoms with E-state index >= 15 is 0 Å². The average Bonchev–Trinajstić information content (AvgIpc) is 3.03. The zero-order chi connectivity index (χ0) is 15.4. The zero-order valence-electron chi connectivity index (χ0n) is 14.3. The van der Waals surface area contributed by atoms with E-state index < -0.39 is 0 Å². The Hall–Kier alpha value is -1.16. The average molecular weight is 314 g/mol. The molecule has 4 bridgehead atoms. The number of likely N-dealkylation sites (N-methyl/N-ethyl adjacent to an activating group) is 1. The van der Waals surface area contributed by atoms with Crippen molar-refractivity contribution in [2.24, 2.45) is 17.8 Å². The number of likely N-dealkylation sites (tertiary alicyclic amines) is 1. The topological polar surface area (TPSA) is 30.5 Å². The van der Waals surface area contributed by atoms with E-state index in [1.54, 1.807) is 0 Å². The van der Waals surface area contributed by atoms with Gasteiger partial charge in [0.1, 0.15) is 0 Å². The SMILES string of the molecule is CN[C@@H]1CCN(C2=CN(C34CC5CC(CC(C5)C3)C4)NC=C2)C1. The van der Waals surface area contributed by atoms with Crippen LogP contribution in [-0.4, -0.2) is 41.6 Å². The van der Waals surface area contributed by atoms with E-state index in [0.717, 1.165) is 24.3 Å². The molecule has 1 saturated heterocycles. The highest BCUT2D eigenvalue weighted by Crippen LogP contribution is 2.57. The van der Waals surface area contributed by atoms with E-state index in [1.165, 1.54) is 57.2 Å². The largest absolute Gasteiger partial charge is 0.369 e. The minimum Gasteiger partial charge on any atom is -0.369 e. The van der Waals surface area contributed by atoms with Crippen LogP contribution in [0, 0.1) is 17.8 Å². The van der Waals surface area contributed by atoms with Gasteiger partial charge in [0, 0.05) is 31.5 Å². The molecule has 1 atom stereocenters. The van der Waals surface area contributed by atoms with Gasteiger partial charge in [-0.2, -0.15) is 0 Å². The molecular weight excluding hydrogens is 284 g/mol. The van der Waals surface area contributed by atoms with Crippen LogP contribution in [0.3, 0.4) is 0 Å². The number of hydrogen-bond donors (Lipinski definition) is 2. The van der Waals surface area contributed by atoms with Gasteiger partial charge in [-0.3, -0.25) is 5.01 Å². The van der Waals surface area contributed by atoms with Crippen molar-refractivity contribution in [3.63, 3.8) is 0 Å². The van der Waals surface area contributed by atoms with Gasteiger partial charge in [-0.25, -0.2) is 0 Å². The summed E-state index contributed by atoms with van der Waals surface area (Å²) in [5, 5.41) is 5.94. The normalized spacial score (nSPS) is 44.7. The first-order valence-corrected chi connectivity index (χ1v) is 9.60. The molecule has 0 aromatic rings. The van der Waals surface area contributed by atoms with Gasteiger partial charge in [0.15, 0.2) is 0 Å². The number of nitrogens with one attached hydrogen (secondary N) is 2. The van der Waals surface area contributed by atoms with Gasteiger partial charge >= 0.3 is 0 Å². The van der Waals surface area contributed by atoms with Gasteiger partial charge in [0.2, 0.25) is 0 Å². The Kier molecular flexibility index (Phi) is 3.19. The lowest BCUT2D eigenvalue weighted by Gasteiger charge is -2.60. The second-order valence-electron chi connectivity index (χ2n) is 8.75. The van der Waals surface area contributed by atoms with E-state index in [-0.39, 0.29) is 0 Å². The Labute approximate surface area is 139 Å².